The van der Waals surface area contributed by atoms with Crippen molar-refractivity contribution in [1.82, 2.24) is 0 Å². The first-order chi connectivity index (χ1) is 6.60. The van der Waals surface area contributed by atoms with E-state index in [1.165, 1.54) is 0 Å². The van der Waals surface area contributed by atoms with E-state index in [1.807, 2.05) is 6.07 Å². The molecule has 0 saturated carbocycles. The van der Waals surface area contributed by atoms with Crippen LogP contribution in [0.3, 0.4) is 0 Å². The predicted octanol–water partition coefficient (Wildman–Crippen LogP) is 3.48. The Morgan fingerprint density at radius 2 is 1.79 bits per heavy atom. The van der Waals surface area contributed by atoms with Gasteiger partial charge in [-0.1, -0.05) is 25.4 Å². The average Bonchev–Trinajstić information content (AvgIpc) is 2.17. The summed E-state index contributed by atoms with van der Waals surface area (Å²) in [4.78, 5) is 0. The molecule has 0 atom stereocenters. The fourth-order valence-electron chi connectivity index (χ4n) is 1.28. The average molecular weight is 215 g/mol. The molecule has 0 N–H and O–H groups in total. The standard InChI is InChI=1S/C11H15ClO2/c1-7(2)9-5-8(13-3)6-10(14-4)11(9)12/h5-7H,1-4H3. The Labute approximate surface area is 89.8 Å². The maximum Gasteiger partial charge on any atom is 0.141 e. The van der Waals surface area contributed by atoms with Gasteiger partial charge < -0.3 is 9.47 Å². The van der Waals surface area contributed by atoms with Crippen LogP contribution in [-0.2, 0) is 0 Å². The summed E-state index contributed by atoms with van der Waals surface area (Å²) in [6, 6.07) is 3.73. The lowest BCUT2D eigenvalue weighted by atomic mass is 10.0. The molecule has 0 heterocycles. The zero-order valence-electron chi connectivity index (χ0n) is 8.93. The van der Waals surface area contributed by atoms with Crippen LogP contribution in [0.1, 0.15) is 25.3 Å². The van der Waals surface area contributed by atoms with E-state index in [1.54, 1.807) is 20.3 Å². The van der Waals surface area contributed by atoms with Crippen LogP contribution < -0.4 is 9.47 Å². The molecular formula is C11H15ClO2. The number of rotatable bonds is 3. The minimum Gasteiger partial charge on any atom is -0.497 e. The maximum atomic E-state index is 6.15. The summed E-state index contributed by atoms with van der Waals surface area (Å²) in [7, 11) is 3.23. The molecule has 1 rings (SSSR count). The Morgan fingerprint density at radius 3 is 2.21 bits per heavy atom. The van der Waals surface area contributed by atoms with Crippen molar-refractivity contribution < 1.29 is 9.47 Å². The Kier molecular flexibility index (Phi) is 3.64. The lowest BCUT2D eigenvalue weighted by Crippen LogP contribution is -1.95. The highest BCUT2D eigenvalue weighted by Crippen LogP contribution is 2.36. The highest BCUT2D eigenvalue weighted by molar-refractivity contribution is 6.33. The third kappa shape index (κ3) is 2.13. The van der Waals surface area contributed by atoms with Crippen LogP contribution in [-0.4, -0.2) is 14.2 Å². The highest BCUT2D eigenvalue weighted by Gasteiger charge is 2.12. The van der Waals surface area contributed by atoms with Crippen LogP contribution in [0.4, 0.5) is 0 Å². The van der Waals surface area contributed by atoms with Crippen LogP contribution in [0.15, 0.2) is 12.1 Å². The largest absolute Gasteiger partial charge is 0.497 e. The van der Waals surface area contributed by atoms with Crippen molar-refractivity contribution in [3.05, 3.63) is 22.7 Å². The molecule has 0 amide bonds. The Balaban J connectivity index is 3.27. The third-order valence-corrected chi connectivity index (χ3v) is 2.52. The Morgan fingerprint density at radius 1 is 1.14 bits per heavy atom. The summed E-state index contributed by atoms with van der Waals surface area (Å²) in [6.45, 7) is 4.17. The van der Waals surface area contributed by atoms with Gasteiger partial charge in [-0.2, -0.15) is 0 Å². The number of hydrogen-bond donors (Lipinski definition) is 0. The van der Waals surface area contributed by atoms with Crippen molar-refractivity contribution >= 4 is 11.6 Å². The topological polar surface area (TPSA) is 18.5 Å². The van der Waals surface area contributed by atoms with Gasteiger partial charge in [0.1, 0.15) is 11.5 Å². The molecule has 0 aliphatic rings. The van der Waals surface area contributed by atoms with Gasteiger partial charge in [-0.15, -0.1) is 0 Å². The summed E-state index contributed by atoms with van der Waals surface area (Å²) < 4.78 is 10.3. The predicted molar refractivity (Wildman–Crippen MR) is 58.6 cm³/mol. The lowest BCUT2D eigenvalue weighted by Gasteiger charge is -2.13. The highest BCUT2D eigenvalue weighted by atomic mass is 35.5. The van der Waals surface area contributed by atoms with Crippen molar-refractivity contribution in [3.8, 4) is 11.5 Å². The maximum absolute atomic E-state index is 6.15. The Bertz CT molecular complexity index is 321. The van der Waals surface area contributed by atoms with E-state index in [4.69, 9.17) is 21.1 Å². The quantitative estimate of drug-likeness (QED) is 0.767. The molecule has 0 unspecified atom stereocenters. The van der Waals surface area contributed by atoms with Gasteiger partial charge in [-0.25, -0.2) is 0 Å². The van der Waals surface area contributed by atoms with E-state index in [2.05, 4.69) is 13.8 Å². The van der Waals surface area contributed by atoms with Crippen molar-refractivity contribution in [3.63, 3.8) is 0 Å². The fourth-order valence-corrected chi connectivity index (χ4v) is 1.68. The molecule has 0 fully saturated rings. The number of halogens is 1. The van der Waals surface area contributed by atoms with E-state index in [-0.39, 0.29) is 0 Å². The summed E-state index contributed by atoms with van der Waals surface area (Å²) in [5.41, 5.74) is 1.04. The molecule has 14 heavy (non-hydrogen) atoms. The van der Waals surface area contributed by atoms with Crippen molar-refractivity contribution in [1.29, 1.82) is 0 Å². The van der Waals surface area contributed by atoms with Crippen molar-refractivity contribution in [2.24, 2.45) is 0 Å². The molecule has 0 saturated heterocycles. The molecule has 0 aromatic heterocycles. The zero-order valence-corrected chi connectivity index (χ0v) is 9.68. The molecule has 1 aromatic rings. The van der Waals surface area contributed by atoms with Crippen molar-refractivity contribution in [2.75, 3.05) is 14.2 Å². The number of methoxy groups -OCH3 is 2. The first-order valence-electron chi connectivity index (χ1n) is 4.51. The van der Waals surface area contributed by atoms with Crippen LogP contribution in [0.2, 0.25) is 5.02 Å². The zero-order chi connectivity index (χ0) is 10.7. The second-order valence-corrected chi connectivity index (χ2v) is 3.77. The normalized spacial score (nSPS) is 10.4. The van der Waals surface area contributed by atoms with E-state index in [0.29, 0.717) is 16.7 Å². The van der Waals surface area contributed by atoms with E-state index in [0.717, 1.165) is 11.3 Å². The van der Waals surface area contributed by atoms with Gasteiger partial charge in [0.05, 0.1) is 19.2 Å². The van der Waals surface area contributed by atoms with Gasteiger partial charge in [0.25, 0.3) is 0 Å². The van der Waals surface area contributed by atoms with Crippen molar-refractivity contribution in [2.45, 2.75) is 19.8 Å². The van der Waals surface area contributed by atoms with Gasteiger partial charge in [-0.3, -0.25) is 0 Å². The molecule has 78 valence electrons. The SMILES string of the molecule is COc1cc(OC)c(Cl)c(C(C)C)c1. The summed E-state index contributed by atoms with van der Waals surface area (Å²) >= 11 is 6.15. The van der Waals surface area contributed by atoms with E-state index >= 15 is 0 Å². The first kappa shape index (κ1) is 11.2. The molecule has 0 spiro atoms. The van der Waals surface area contributed by atoms with E-state index < -0.39 is 0 Å². The molecule has 1 aromatic carbocycles. The molecular weight excluding hydrogens is 200 g/mol. The summed E-state index contributed by atoms with van der Waals surface area (Å²) in [5.74, 6) is 1.79. The Hall–Kier alpha value is -0.890. The minimum atomic E-state index is 0.353. The molecule has 0 radical (unpaired) electrons. The van der Waals surface area contributed by atoms with Crippen LogP contribution in [0.5, 0.6) is 11.5 Å². The molecule has 3 heteroatoms. The van der Waals surface area contributed by atoms with Gasteiger partial charge in [-0.05, 0) is 17.5 Å². The first-order valence-corrected chi connectivity index (χ1v) is 4.89. The molecule has 0 aliphatic carbocycles. The van der Waals surface area contributed by atoms with Gasteiger partial charge in [0, 0.05) is 6.07 Å². The van der Waals surface area contributed by atoms with Crippen LogP contribution in [0.25, 0.3) is 0 Å². The summed E-state index contributed by atoms with van der Waals surface area (Å²) in [6.07, 6.45) is 0. The number of hydrogen-bond acceptors (Lipinski definition) is 2. The third-order valence-electron chi connectivity index (χ3n) is 2.12. The van der Waals surface area contributed by atoms with Crippen LogP contribution >= 0.6 is 11.6 Å². The second-order valence-electron chi connectivity index (χ2n) is 3.39. The number of ether oxygens (including phenoxy) is 2. The van der Waals surface area contributed by atoms with E-state index in [9.17, 15) is 0 Å². The van der Waals surface area contributed by atoms with Crippen LogP contribution in [0, 0.1) is 0 Å². The summed E-state index contributed by atoms with van der Waals surface area (Å²) in [5, 5.41) is 0.670. The second kappa shape index (κ2) is 4.56. The van der Waals surface area contributed by atoms with Gasteiger partial charge in [0.2, 0.25) is 0 Å². The smallest absolute Gasteiger partial charge is 0.141 e. The monoisotopic (exact) mass is 214 g/mol. The molecule has 0 bridgehead atoms. The molecule has 0 aliphatic heterocycles. The lowest BCUT2D eigenvalue weighted by molar-refractivity contribution is 0.393. The number of benzene rings is 1. The van der Waals surface area contributed by atoms with Gasteiger partial charge in [0.15, 0.2) is 0 Å². The molecule has 2 nitrogen and oxygen atoms in total. The van der Waals surface area contributed by atoms with Gasteiger partial charge >= 0.3 is 0 Å². The fraction of sp³-hybridized carbons (Fsp3) is 0.455. The minimum absolute atomic E-state index is 0.353.